The maximum absolute atomic E-state index is 13.6. The SMILES string of the molecule is COCCN(CC(=O)N1CCc2sccc2C1COc1cccc(F)c1)C(=O)c1cccc(Cl)c1. The van der Waals surface area contributed by atoms with Crippen molar-refractivity contribution >= 4 is 34.8 Å². The number of rotatable bonds is 9. The first-order valence-electron chi connectivity index (χ1n) is 11.2. The molecule has 0 bridgehead atoms. The lowest BCUT2D eigenvalue weighted by Gasteiger charge is -2.37. The van der Waals surface area contributed by atoms with E-state index in [-0.39, 0.29) is 43.4 Å². The zero-order valence-electron chi connectivity index (χ0n) is 19.3. The Bertz CT molecular complexity index is 1190. The van der Waals surface area contributed by atoms with Gasteiger partial charge in [-0.15, -0.1) is 11.3 Å². The van der Waals surface area contributed by atoms with Crippen LogP contribution < -0.4 is 4.74 Å². The Labute approximate surface area is 212 Å². The van der Waals surface area contributed by atoms with Crippen molar-refractivity contribution in [3.05, 3.63) is 86.8 Å². The molecule has 9 heteroatoms. The van der Waals surface area contributed by atoms with Crippen LogP contribution in [0, 0.1) is 5.82 Å². The summed E-state index contributed by atoms with van der Waals surface area (Å²) in [6.07, 6.45) is 0.732. The Morgan fingerprint density at radius 2 is 2.03 bits per heavy atom. The molecule has 1 aromatic heterocycles. The normalized spacial score (nSPS) is 14.9. The summed E-state index contributed by atoms with van der Waals surface area (Å²) in [7, 11) is 1.55. The summed E-state index contributed by atoms with van der Waals surface area (Å²) >= 11 is 7.72. The first-order chi connectivity index (χ1) is 17.0. The van der Waals surface area contributed by atoms with Crippen molar-refractivity contribution in [2.24, 2.45) is 0 Å². The zero-order chi connectivity index (χ0) is 24.8. The first kappa shape index (κ1) is 25.2. The third-order valence-corrected chi connectivity index (χ3v) is 7.10. The lowest BCUT2D eigenvalue weighted by Crippen LogP contribution is -2.48. The van der Waals surface area contributed by atoms with Gasteiger partial charge in [-0.3, -0.25) is 9.59 Å². The van der Waals surface area contributed by atoms with Crippen LogP contribution in [0.25, 0.3) is 0 Å². The molecular weight excluding hydrogens is 491 g/mol. The number of fused-ring (bicyclic) bond motifs is 1. The average Bonchev–Trinajstić information content (AvgIpc) is 3.34. The zero-order valence-corrected chi connectivity index (χ0v) is 20.9. The third-order valence-electron chi connectivity index (χ3n) is 5.87. The molecule has 0 fully saturated rings. The van der Waals surface area contributed by atoms with E-state index in [1.165, 1.54) is 21.9 Å². The third kappa shape index (κ3) is 6.20. The molecule has 2 aromatic carbocycles. The molecule has 0 saturated carbocycles. The predicted molar refractivity (Wildman–Crippen MR) is 134 cm³/mol. The number of amides is 2. The molecule has 1 aliphatic rings. The van der Waals surface area contributed by atoms with Crippen LogP contribution in [0.4, 0.5) is 4.39 Å². The molecular formula is C26H26ClFN2O4S. The summed E-state index contributed by atoms with van der Waals surface area (Å²) in [6, 6.07) is 14.3. The summed E-state index contributed by atoms with van der Waals surface area (Å²) in [5, 5.41) is 2.45. The average molecular weight is 517 g/mol. The van der Waals surface area contributed by atoms with Gasteiger partial charge in [0.2, 0.25) is 5.91 Å². The molecule has 2 heterocycles. The van der Waals surface area contributed by atoms with Gasteiger partial charge >= 0.3 is 0 Å². The fourth-order valence-electron chi connectivity index (χ4n) is 4.12. The van der Waals surface area contributed by atoms with Crippen LogP contribution >= 0.6 is 22.9 Å². The van der Waals surface area contributed by atoms with Gasteiger partial charge in [0, 0.05) is 41.7 Å². The molecule has 6 nitrogen and oxygen atoms in total. The molecule has 0 N–H and O–H groups in total. The van der Waals surface area contributed by atoms with E-state index in [2.05, 4.69) is 0 Å². The van der Waals surface area contributed by atoms with E-state index in [0.29, 0.717) is 29.5 Å². The highest BCUT2D eigenvalue weighted by atomic mass is 35.5. The lowest BCUT2D eigenvalue weighted by molar-refractivity contribution is -0.135. The van der Waals surface area contributed by atoms with E-state index in [0.717, 1.165) is 12.0 Å². The number of carbonyl (C=O) groups is 2. The van der Waals surface area contributed by atoms with E-state index >= 15 is 0 Å². The van der Waals surface area contributed by atoms with E-state index in [1.807, 2.05) is 11.4 Å². The molecule has 3 aromatic rings. The number of nitrogens with zero attached hydrogens (tertiary/aromatic N) is 2. The second-order valence-electron chi connectivity index (χ2n) is 8.15. The fraction of sp³-hybridized carbons (Fsp3) is 0.308. The van der Waals surface area contributed by atoms with Gasteiger partial charge in [0.25, 0.3) is 5.91 Å². The van der Waals surface area contributed by atoms with E-state index < -0.39 is 0 Å². The second kappa shape index (κ2) is 11.7. The number of thiophene rings is 1. The molecule has 1 unspecified atom stereocenters. The van der Waals surface area contributed by atoms with Gasteiger partial charge in [0.15, 0.2) is 0 Å². The first-order valence-corrected chi connectivity index (χ1v) is 12.5. The highest BCUT2D eigenvalue weighted by Gasteiger charge is 2.33. The number of ether oxygens (including phenoxy) is 2. The van der Waals surface area contributed by atoms with E-state index in [9.17, 15) is 14.0 Å². The standard InChI is InChI=1S/C26H26ClFN2O4S/c1-33-12-11-29(26(32)18-4-2-5-19(27)14-18)16-25(31)30-10-8-24-22(9-13-35-24)23(30)17-34-21-7-3-6-20(28)15-21/h2-7,9,13-15,23H,8,10-12,16-17H2,1H3. The number of methoxy groups -OCH3 is 1. The van der Waals surface area contributed by atoms with Gasteiger partial charge in [0.1, 0.15) is 24.7 Å². The van der Waals surface area contributed by atoms with Crippen molar-refractivity contribution in [3.8, 4) is 5.75 Å². The van der Waals surface area contributed by atoms with Gasteiger partial charge in [-0.1, -0.05) is 23.7 Å². The minimum Gasteiger partial charge on any atom is -0.491 e. The number of hydrogen-bond acceptors (Lipinski definition) is 5. The number of carbonyl (C=O) groups excluding carboxylic acids is 2. The highest BCUT2D eigenvalue weighted by Crippen LogP contribution is 2.34. The smallest absolute Gasteiger partial charge is 0.254 e. The Hall–Kier alpha value is -2.94. The summed E-state index contributed by atoms with van der Waals surface area (Å²) in [6.45, 7) is 1.13. The monoisotopic (exact) mass is 516 g/mol. The fourth-order valence-corrected chi connectivity index (χ4v) is 5.24. The van der Waals surface area contributed by atoms with E-state index in [4.69, 9.17) is 21.1 Å². The molecule has 0 spiro atoms. The molecule has 1 aliphatic heterocycles. The van der Waals surface area contributed by atoms with E-state index in [1.54, 1.807) is 59.7 Å². The lowest BCUT2D eigenvalue weighted by atomic mass is 10.0. The molecule has 184 valence electrons. The summed E-state index contributed by atoms with van der Waals surface area (Å²) < 4.78 is 24.7. The summed E-state index contributed by atoms with van der Waals surface area (Å²) in [5.41, 5.74) is 1.43. The Balaban J connectivity index is 1.53. The van der Waals surface area contributed by atoms with Crippen molar-refractivity contribution in [1.82, 2.24) is 9.80 Å². The molecule has 2 amide bonds. The van der Waals surface area contributed by atoms with Crippen LogP contribution in [0.2, 0.25) is 5.02 Å². The van der Waals surface area contributed by atoms with Crippen LogP contribution in [-0.4, -0.2) is 61.6 Å². The summed E-state index contributed by atoms with van der Waals surface area (Å²) in [4.78, 5) is 31.1. The minimum absolute atomic E-state index is 0.107. The molecule has 0 aliphatic carbocycles. The minimum atomic E-state index is -0.386. The maximum Gasteiger partial charge on any atom is 0.254 e. The second-order valence-corrected chi connectivity index (χ2v) is 9.59. The Morgan fingerprint density at radius 3 is 2.80 bits per heavy atom. The number of benzene rings is 2. The van der Waals surface area contributed by atoms with Gasteiger partial charge in [-0.2, -0.15) is 0 Å². The van der Waals surface area contributed by atoms with Crippen molar-refractivity contribution < 1.29 is 23.5 Å². The Morgan fingerprint density at radius 1 is 1.20 bits per heavy atom. The largest absolute Gasteiger partial charge is 0.491 e. The number of halogens is 2. The summed E-state index contributed by atoms with van der Waals surface area (Å²) in [5.74, 6) is -0.471. The van der Waals surface area contributed by atoms with Gasteiger partial charge in [0.05, 0.1) is 12.6 Å². The van der Waals surface area contributed by atoms with Gasteiger partial charge in [-0.25, -0.2) is 4.39 Å². The van der Waals surface area contributed by atoms with Crippen molar-refractivity contribution in [2.75, 3.05) is 40.0 Å². The van der Waals surface area contributed by atoms with Crippen molar-refractivity contribution in [3.63, 3.8) is 0 Å². The van der Waals surface area contributed by atoms with Crippen molar-refractivity contribution in [2.45, 2.75) is 12.5 Å². The van der Waals surface area contributed by atoms with Crippen molar-refractivity contribution in [1.29, 1.82) is 0 Å². The topological polar surface area (TPSA) is 59.1 Å². The quantitative estimate of drug-likeness (QED) is 0.408. The molecule has 35 heavy (non-hydrogen) atoms. The maximum atomic E-state index is 13.6. The van der Waals surface area contributed by atoms with Crippen LogP contribution in [-0.2, 0) is 16.0 Å². The molecule has 4 rings (SSSR count). The highest BCUT2D eigenvalue weighted by molar-refractivity contribution is 7.10. The van der Waals surface area contributed by atoms with Crippen LogP contribution in [0.1, 0.15) is 26.8 Å². The molecule has 1 atom stereocenters. The molecule has 0 saturated heterocycles. The number of hydrogen-bond donors (Lipinski definition) is 0. The van der Waals surface area contributed by atoms with Crippen LogP contribution in [0.15, 0.2) is 60.0 Å². The van der Waals surface area contributed by atoms with Crippen LogP contribution in [0.5, 0.6) is 5.75 Å². The van der Waals surface area contributed by atoms with Gasteiger partial charge in [-0.05, 0) is 53.8 Å². The predicted octanol–water partition coefficient (Wildman–Crippen LogP) is 4.83. The Kier molecular flexibility index (Phi) is 8.38. The van der Waals surface area contributed by atoms with Gasteiger partial charge < -0.3 is 19.3 Å². The molecule has 0 radical (unpaired) electrons. The van der Waals surface area contributed by atoms with Crippen LogP contribution in [0.3, 0.4) is 0 Å².